The fourth-order valence-corrected chi connectivity index (χ4v) is 1.70. The molecule has 0 spiro atoms. The predicted octanol–water partition coefficient (Wildman–Crippen LogP) is 1.29. The normalized spacial score (nSPS) is 14.6. The zero-order valence-electron chi connectivity index (χ0n) is 12.4. The molecule has 19 heavy (non-hydrogen) atoms. The molecular formula is C13H26N2O4. The van der Waals surface area contributed by atoms with Crippen LogP contribution < -0.4 is 5.32 Å². The standard InChI is InChI=1S/C13H26N2O4/c1-6-9(3)10(11(16)17)14-12(18)15(7-2)8-13(4,5)19/h9-10,19H,6-8H2,1-5H3,(H,14,18)(H,16,17)/t9-,10-/m0/s1. The number of nitrogens with one attached hydrogen (secondary N) is 1. The minimum atomic E-state index is -1.04. The maximum absolute atomic E-state index is 12.0. The van der Waals surface area contributed by atoms with Crippen molar-refractivity contribution in [3.05, 3.63) is 0 Å². The molecule has 0 aliphatic carbocycles. The molecular weight excluding hydrogens is 248 g/mol. The van der Waals surface area contributed by atoms with E-state index < -0.39 is 23.6 Å². The number of carbonyl (C=O) groups excluding carboxylic acids is 1. The maximum atomic E-state index is 12.0. The van der Waals surface area contributed by atoms with Crippen molar-refractivity contribution in [2.75, 3.05) is 13.1 Å². The highest BCUT2D eigenvalue weighted by atomic mass is 16.4. The molecule has 0 aliphatic rings. The van der Waals surface area contributed by atoms with E-state index >= 15 is 0 Å². The molecule has 3 N–H and O–H groups in total. The van der Waals surface area contributed by atoms with Crippen LogP contribution in [0, 0.1) is 5.92 Å². The lowest BCUT2D eigenvalue weighted by Gasteiger charge is -2.30. The number of amides is 2. The predicted molar refractivity (Wildman–Crippen MR) is 73.0 cm³/mol. The summed E-state index contributed by atoms with van der Waals surface area (Å²) in [7, 11) is 0. The smallest absolute Gasteiger partial charge is 0.326 e. The van der Waals surface area contributed by atoms with Gasteiger partial charge in [0.25, 0.3) is 0 Å². The van der Waals surface area contributed by atoms with Crippen LogP contribution in [0.5, 0.6) is 0 Å². The van der Waals surface area contributed by atoms with Gasteiger partial charge in [0, 0.05) is 6.54 Å². The first-order valence-corrected chi connectivity index (χ1v) is 6.63. The highest BCUT2D eigenvalue weighted by Gasteiger charge is 2.28. The third-order valence-corrected chi connectivity index (χ3v) is 3.00. The molecule has 6 heteroatoms. The van der Waals surface area contributed by atoms with Crippen LogP contribution in [-0.2, 0) is 4.79 Å². The molecule has 0 aromatic heterocycles. The Morgan fingerprint density at radius 2 is 1.84 bits per heavy atom. The number of carbonyl (C=O) groups is 2. The number of likely N-dealkylation sites (N-methyl/N-ethyl adjacent to an activating group) is 1. The lowest BCUT2D eigenvalue weighted by atomic mass is 9.99. The number of aliphatic hydroxyl groups is 1. The van der Waals surface area contributed by atoms with Crippen molar-refractivity contribution in [3.8, 4) is 0 Å². The van der Waals surface area contributed by atoms with Crippen molar-refractivity contribution in [1.82, 2.24) is 10.2 Å². The van der Waals surface area contributed by atoms with Gasteiger partial charge in [-0.05, 0) is 26.7 Å². The highest BCUT2D eigenvalue weighted by Crippen LogP contribution is 2.10. The molecule has 0 heterocycles. The average Bonchev–Trinajstić information content (AvgIpc) is 2.30. The molecule has 0 unspecified atom stereocenters. The van der Waals surface area contributed by atoms with Gasteiger partial charge >= 0.3 is 12.0 Å². The number of rotatable bonds is 7. The Labute approximate surface area is 114 Å². The van der Waals surface area contributed by atoms with Crippen molar-refractivity contribution >= 4 is 12.0 Å². The fraction of sp³-hybridized carbons (Fsp3) is 0.846. The Kier molecular flexibility index (Phi) is 6.83. The summed E-state index contributed by atoms with van der Waals surface area (Å²) in [6.45, 7) is 9.21. The second-order valence-electron chi connectivity index (χ2n) is 5.48. The Morgan fingerprint density at radius 3 is 2.16 bits per heavy atom. The number of carboxylic acids is 1. The largest absolute Gasteiger partial charge is 0.480 e. The number of aliphatic carboxylic acids is 1. The first kappa shape index (κ1) is 17.7. The summed E-state index contributed by atoms with van der Waals surface area (Å²) < 4.78 is 0. The molecule has 2 atom stereocenters. The molecule has 0 aromatic rings. The summed E-state index contributed by atoms with van der Waals surface area (Å²) in [5, 5.41) is 21.4. The van der Waals surface area contributed by atoms with Gasteiger partial charge in [-0.1, -0.05) is 20.3 Å². The minimum Gasteiger partial charge on any atom is -0.480 e. The third-order valence-electron chi connectivity index (χ3n) is 3.00. The SMILES string of the molecule is CC[C@H](C)[C@H](NC(=O)N(CC)CC(C)(C)O)C(=O)O. The molecule has 0 saturated heterocycles. The van der Waals surface area contributed by atoms with Crippen LogP contribution in [0.4, 0.5) is 4.79 Å². The van der Waals surface area contributed by atoms with Gasteiger partial charge in [-0.25, -0.2) is 9.59 Å². The first-order chi connectivity index (χ1) is 8.62. The number of hydrogen-bond acceptors (Lipinski definition) is 3. The Bertz CT molecular complexity index is 312. The molecule has 0 fully saturated rings. The van der Waals surface area contributed by atoms with Gasteiger partial charge in [0.15, 0.2) is 0 Å². The third kappa shape index (κ3) is 6.42. The fourth-order valence-electron chi connectivity index (χ4n) is 1.70. The molecule has 0 aliphatic heterocycles. The summed E-state index contributed by atoms with van der Waals surface area (Å²) in [4.78, 5) is 24.6. The van der Waals surface area contributed by atoms with Crippen LogP contribution in [0.3, 0.4) is 0 Å². The van der Waals surface area contributed by atoms with Crippen molar-refractivity contribution < 1.29 is 19.8 Å². The zero-order valence-corrected chi connectivity index (χ0v) is 12.4. The van der Waals surface area contributed by atoms with Gasteiger partial charge in [-0.3, -0.25) is 0 Å². The summed E-state index contributed by atoms with van der Waals surface area (Å²) in [5.74, 6) is -1.19. The van der Waals surface area contributed by atoms with Gasteiger partial charge in [-0.15, -0.1) is 0 Å². The zero-order chi connectivity index (χ0) is 15.2. The lowest BCUT2D eigenvalue weighted by molar-refractivity contribution is -0.140. The second kappa shape index (κ2) is 7.33. The van der Waals surface area contributed by atoms with E-state index in [4.69, 9.17) is 5.11 Å². The molecule has 6 nitrogen and oxygen atoms in total. The van der Waals surface area contributed by atoms with Crippen LogP contribution in [0.1, 0.15) is 41.0 Å². The van der Waals surface area contributed by atoms with E-state index in [1.54, 1.807) is 27.7 Å². The molecule has 0 bridgehead atoms. The van der Waals surface area contributed by atoms with E-state index in [-0.39, 0.29) is 12.5 Å². The van der Waals surface area contributed by atoms with E-state index in [9.17, 15) is 14.7 Å². The topological polar surface area (TPSA) is 89.9 Å². The van der Waals surface area contributed by atoms with Crippen LogP contribution in [-0.4, -0.2) is 51.8 Å². The van der Waals surface area contributed by atoms with E-state index in [2.05, 4.69) is 5.32 Å². The first-order valence-electron chi connectivity index (χ1n) is 6.63. The average molecular weight is 274 g/mol. The van der Waals surface area contributed by atoms with Gasteiger partial charge in [0.2, 0.25) is 0 Å². The Balaban J connectivity index is 4.74. The van der Waals surface area contributed by atoms with Crippen LogP contribution in [0.2, 0.25) is 0 Å². The molecule has 0 rings (SSSR count). The molecule has 0 saturated carbocycles. The number of hydrogen-bond donors (Lipinski definition) is 3. The summed E-state index contributed by atoms with van der Waals surface area (Å²) >= 11 is 0. The van der Waals surface area contributed by atoms with Gasteiger partial charge in [-0.2, -0.15) is 0 Å². The molecule has 112 valence electrons. The van der Waals surface area contributed by atoms with Crippen LogP contribution >= 0.6 is 0 Å². The van der Waals surface area contributed by atoms with Crippen LogP contribution in [0.25, 0.3) is 0 Å². The number of urea groups is 1. The monoisotopic (exact) mass is 274 g/mol. The number of nitrogens with zero attached hydrogens (tertiary/aromatic N) is 1. The maximum Gasteiger partial charge on any atom is 0.326 e. The molecule has 0 radical (unpaired) electrons. The quantitative estimate of drug-likeness (QED) is 0.652. The van der Waals surface area contributed by atoms with Crippen molar-refractivity contribution in [2.45, 2.75) is 52.7 Å². The Morgan fingerprint density at radius 1 is 1.32 bits per heavy atom. The Hall–Kier alpha value is -1.30. The number of carboxylic acid groups (broad SMARTS) is 1. The van der Waals surface area contributed by atoms with Gasteiger partial charge in [0.1, 0.15) is 6.04 Å². The van der Waals surface area contributed by atoms with Crippen molar-refractivity contribution in [2.24, 2.45) is 5.92 Å². The van der Waals surface area contributed by atoms with Crippen molar-refractivity contribution in [3.63, 3.8) is 0 Å². The molecule has 2 amide bonds. The van der Waals surface area contributed by atoms with E-state index in [0.717, 1.165) is 0 Å². The summed E-state index contributed by atoms with van der Waals surface area (Å²) in [6, 6.07) is -1.37. The van der Waals surface area contributed by atoms with Gasteiger partial charge < -0.3 is 20.4 Å². The van der Waals surface area contributed by atoms with Crippen LogP contribution in [0.15, 0.2) is 0 Å². The lowest BCUT2D eigenvalue weighted by Crippen LogP contribution is -2.53. The molecule has 0 aromatic carbocycles. The summed E-state index contributed by atoms with van der Waals surface area (Å²) in [6.07, 6.45) is 0.662. The van der Waals surface area contributed by atoms with E-state index in [0.29, 0.717) is 13.0 Å². The van der Waals surface area contributed by atoms with Gasteiger partial charge in [0.05, 0.1) is 12.1 Å². The minimum absolute atomic E-state index is 0.151. The summed E-state index contributed by atoms with van der Waals surface area (Å²) in [5.41, 5.74) is -1.01. The highest BCUT2D eigenvalue weighted by molar-refractivity contribution is 5.82. The van der Waals surface area contributed by atoms with E-state index in [1.165, 1.54) is 4.90 Å². The van der Waals surface area contributed by atoms with Crippen molar-refractivity contribution in [1.29, 1.82) is 0 Å². The van der Waals surface area contributed by atoms with E-state index in [1.807, 2.05) is 6.92 Å². The second-order valence-corrected chi connectivity index (χ2v) is 5.48.